The van der Waals surface area contributed by atoms with Gasteiger partial charge in [0.25, 0.3) is 0 Å². The fourth-order valence-electron chi connectivity index (χ4n) is 2.35. The van der Waals surface area contributed by atoms with Crippen LogP contribution in [0.3, 0.4) is 0 Å². The van der Waals surface area contributed by atoms with Crippen LogP contribution in [0.1, 0.15) is 20.3 Å². The van der Waals surface area contributed by atoms with Crippen LogP contribution in [0, 0.1) is 11.3 Å². The Balaban J connectivity index is 2.32. The lowest BCUT2D eigenvalue weighted by molar-refractivity contribution is -0.138. The highest BCUT2D eigenvalue weighted by Crippen LogP contribution is 2.32. The number of carboxylic acid groups (broad SMARTS) is 1. The molecule has 1 aliphatic heterocycles. The summed E-state index contributed by atoms with van der Waals surface area (Å²) in [5.41, 5.74) is 5.63. The minimum Gasteiger partial charge on any atom is -0.480 e. The standard InChI is InChI=1S/C12H25N3O2/c1-12(2,9-4-5-15(3)7-9)8-14-6-10(13)11(16)17/h9-10,14H,4-8,13H2,1-3H3,(H,16,17). The summed E-state index contributed by atoms with van der Waals surface area (Å²) in [7, 11) is 2.14. The summed E-state index contributed by atoms with van der Waals surface area (Å²) in [5, 5.41) is 11.9. The molecule has 5 heteroatoms. The van der Waals surface area contributed by atoms with Crippen molar-refractivity contribution >= 4 is 5.97 Å². The second kappa shape index (κ2) is 5.80. The number of likely N-dealkylation sites (tertiary alicyclic amines) is 1. The van der Waals surface area contributed by atoms with Crippen molar-refractivity contribution in [1.29, 1.82) is 0 Å². The molecule has 1 saturated heterocycles. The first-order valence-corrected chi connectivity index (χ1v) is 6.20. The van der Waals surface area contributed by atoms with Gasteiger partial charge in [-0.05, 0) is 31.3 Å². The molecule has 2 atom stereocenters. The number of rotatable bonds is 6. The lowest BCUT2D eigenvalue weighted by Gasteiger charge is -2.32. The van der Waals surface area contributed by atoms with Crippen molar-refractivity contribution in [3.05, 3.63) is 0 Å². The molecule has 1 heterocycles. The fourth-order valence-corrected chi connectivity index (χ4v) is 2.35. The van der Waals surface area contributed by atoms with E-state index in [1.165, 1.54) is 6.42 Å². The minimum absolute atomic E-state index is 0.184. The number of aliphatic carboxylic acids is 1. The zero-order valence-electron chi connectivity index (χ0n) is 11.1. The van der Waals surface area contributed by atoms with Crippen LogP contribution in [0.2, 0.25) is 0 Å². The number of hydrogen-bond donors (Lipinski definition) is 3. The van der Waals surface area contributed by atoms with Crippen LogP contribution in [-0.4, -0.2) is 55.2 Å². The Labute approximate surface area is 103 Å². The van der Waals surface area contributed by atoms with Gasteiger partial charge in [0.2, 0.25) is 0 Å². The van der Waals surface area contributed by atoms with E-state index in [-0.39, 0.29) is 5.41 Å². The average molecular weight is 243 g/mol. The van der Waals surface area contributed by atoms with E-state index in [2.05, 4.69) is 31.1 Å². The molecule has 1 rings (SSSR count). The molecule has 1 fully saturated rings. The van der Waals surface area contributed by atoms with Crippen LogP contribution >= 0.6 is 0 Å². The molecule has 4 N–H and O–H groups in total. The molecule has 1 aliphatic rings. The summed E-state index contributed by atoms with van der Waals surface area (Å²) in [6.07, 6.45) is 1.22. The highest BCUT2D eigenvalue weighted by Gasteiger charge is 2.33. The van der Waals surface area contributed by atoms with E-state index in [0.29, 0.717) is 12.5 Å². The molecule has 17 heavy (non-hydrogen) atoms. The molecule has 0 aliphatic carbocycles. The first-order valence-electron chi connectivity index (χ1n) is 6.20. The lowest BCUT2D eigenvalue weighted by atomic mass is 9.78. The van der Waals surface area contributed by atoms with Gasteiger partial charge in [-0.25, -0.2) is 0 Å². The maximum atomic E-state index is 10.6. The van der Waals surface area contributed by atoms with Crippen LogP contribution in [0.5, 0.6) is 0 Å². The SMILES string of the molecule is CN1CCC(C(C)(C)CNCC(N)C(=O)O)C1. The first-order chi connectivity index (χ1) is 7.83. The molecule has 2 unspecified atom stereocenters. The van der Waals surface area contributed by atoms with Crippen LogP contribution in [0.25, 0.3) is 0 Å². The van der Waals surface area contributed by atoms with Gasteiger partial charge < -0.3 is 21.1 Å². The minimum atomic E-state index is -0.948. The number of nitrogens with zero attached hydrogens (tertiary/aromatic N) is 1. The summed E-state index contributed by atoms with van der Waals surface area (Å²) < 4.78 is 0. The van der Waals surface area contributed by atoms with Crippen molar-refractivity contribution in [2.45, 2.75) is 26.3 Å². The Hall–Kier alpha value is -0.650. The molecule has 0 aromatic rings. The molecular weight excluding hydrogens is 218 g/mol. The normalized spacial score (nSPS) is 23.9. The van der Waals surface area contributed by atoms with Gasteiger partial charge in [0, 0.05) is 19.6 Å². The van der Waals surface area contributed by atoms with E-state index in [1.54, 1.807) is 0 Å². The van der Waals surface area contributed by atoms with Crippen LogP contribution in [0.15, 0.2) is 0 Å². The van der Waals surface area contributed by atoms with Crippen molar-refractivity contribution < 1.29 is 9.90 Å². The Morgan fingerprint density at radius 3 is 2.76 bits per heavy atom. The molecule has 0 aromatic heterocycles. The Morgan fingerprint density at radius 2 is 2.29 bits per heavy atom. The third kappa shape index (κ3) is 4.26. The van der Waals surface area contributed by atoms with Gasteiger partial charge in [0.05, 0.1) is 0 Å². The average Bonchev–Trinajstić information content (AvgIpc) is 2.65. The third-order valence-electron chi connectivity index (χ3n) is 3.76. The second-order valence-electron chi connectivity index (χ2n) is 5.81. The van der Waals surface area contributed by atoms with E-state index in [1.807, 2.05) is 0 Å². The second-order valence-corrected chi connectivity index (χ2v) is 5.81. The molecule has 5 nitrogen and oxygen atoms in total. The molecule has 0 saturated carbocycles. The molecule has 0 spiro atoms. The smallest absolute Gasteiger partial charge is 0.321 e. The number of nitrogens with two attached hydrogens (primary N) is 1. The molecule has 100 valence electrons. The van der Waals surface area contributed by atoms with Crippen molar-refractivity contribution in [3.63, 3.8) is 0 Å². The number of nitrogens with one attached hydrogen (secondary N) is 1. The molecule has 0 bridgehead atoms. The number of hydrogen-bond acceptors (Lipinski definition) is 4. The van der Waals surface area contributed by atoms with E-state index in [0.717, 1.165) is 19.6 Å². The highest BCUT2D eigenvalue weighted by atomic mass is 16.4. The van der Waals surface area contributed by atoms with Gasteiger partial charge in [0.15, 0.2) is 0 Å². The van der Waals surface area contributed by atoms with Crippen LogP contribution in [-0.2, 0) is 4.79 Å². The molecule has 0 radical (unpaired) electrons. The van der Waals surface area contributed by atoms with Gasteiger partial charge in [-0.15, -0.1) is 0 Å². The summed E-state index contributed by atoms with van der Waals surface area (Å²) in [6.45, 7) is 7.89. The van der Waals surface area contributed by atoms with E-state index < -0.39 is 12.0 Å². The van der Waals surface area contributed by atoms with Gasteiger partial charge in [-0.3, -0.25) is 4.79 Å². The van der Waals surface area contributed by atoms with Crippen molar-refractivity contribution in [1.82, 2.24) is 10.2 Å². The maximum absolute atomic E-state index is 10.6. The largest absolute Gasteiger partial charge is 0.480 e. The zero-order chi connectivity index (χ0) is 13.1. The number of carboxylic acids is 1. The molecule has 0 aromatic carbocycles. The quantitative estimate of drug-likeness (QED) is 0.610. The monoisotopic (exact) mass is 243 g/mol. The Morgan fingerprint density at radius 1 is 1.65 bits per heavy atom. The van der Waals surface area contributed by atoms with Gasteiger partial charge in [0.1, 0.15) is 6.04 Å². The molecule has 0 amide bonds. The fraction of sp³-hybridized carbons (Fsp3) is 0.917. The van der Waals surface area contributed by atoms with E-state index in [4.69, 9.17) is 10.8 Å². The summed E-state index contributed by atoms with van der Waals surface area (Å²) in [4.78, 5) is 12.9. The van der Waals surface area contributed by atoms with Gasteiger partial charge in [-0.2, -0.15) is 0 Å². The summed E-state index contributed by atoms with van der Waals surface area (Å²) >= 11 is 0. The van der Waals surface area contributed by atoms with Crippen molar-refractivity contribution in [2.24, 2.45) is 17.1 Å². The topological polar surface area (TPSA) is 78.6 Å². The third-order valence-corrected chi connectivity index (χ3v) is 3.76. The lowest BCUT2D eigenvalue weighted by Crippen LogP contribution is -2.44. The zero-order valence-corrected chi connectivity index (χ0v) is 11.1. The summed E-state index contributed by atoms with van der Waals surface area (Å²) in [5.74, 6) is -0.281. The Bertz CT molecular complexity index is 268. The van der Waals surface area contributed by atoms with Crippen LogP contribution < -0.4 is 11.1 Å². The van der Waals surface area contributed by atoms with Gasteiger partial charge in [-0.1, -0.05) is 13.8 Å². The van der Waals surface area contributed by atoms with E-state index >= 15 is 0 Å². The number of carbonyl (C=O) groups is 1. The van der Waals surface area contributed by atoms with Crippen molar-refractivity contribution in [3.8, 4) is 0 Å². The predicted octanol–water partition coefficient (Wildman–Crippen LogP) is -0.0342. The summed E-state index contributed by atoms with van der Waals surface area (Å²) in [6, 6.07) is -0.808. The van der Waals surface area contributed by atoms with Crippen molar-refractivity contribution in [2.75, 3.05) is 33.2 Å². The first kappa shape index (κ1) is 14.4. The maximum Gasteiger partial charge on any atom is 0.321 e. The molecular formula is C12H25N3O2. The van der Waals surface area contributed by atoms with Gasteiger partial charge >= 0.3 is 5.97 Å². The predicted molar refractivity (Wildman–Crippen MR) is 67.9 cm³/mol. The Kier molecular flexibility index (Phi) is 4.91. The highest BCUT2D eigenvalue weighted by molar-refractivity contribution is 5.73. The van der Waals surface area contributed by atoms with E-state index in [9.17, 15) is 4.79 Å². The van der Waals surface area contributed by atoms with Crippen LogP contribution in [0.4, 0.5) is 0 Å².